The van der Waals surface area contributed by atoms with Crippen LogP contribution in [0.5, 0.6) is 0 Å². The van der Waals surface area contributed by atoms with Crippen molar-refractivity contribution in [2.45, 2.75) is 40.0 Å². The van der Waals surface area contributed by atoms with Crippen LogP contribution in [-0.2, 0) is 16.0 Å². The topological polar surface area (TPSA) is 72.4 Å². The highest BCUT2D eigenvalue weighted by Gasteiger charge is 2.45. The summed E-state index contributed by atoms with van der Waals surface area (Å²) in [7, 11) is 0. The van der Waals surface area contributed by atoms with Crippen molar-refractivity contribution >= 4 is 11.9 Å². The first kappa shape index (κ1) is 21.8. The number of carbonyl (C=O) groups excluding carboxylic acids is 2. The Labute approximate surface area is 174 Å². The maximum absolute atomic E-state index is 14.3. The fourth-order valence-corrected chi connectivity index (χ4v) is 3.99. The van der Waals surface area contributed by atoms with Crippen molar-refractivity contribution in [1.29, 1.82) is 0 Å². The summed E-state index contributed by atoms with van der Waals surface area (Å²) in [6.45, 7) is 5.88. The molecule has 0 N–H and O–H groups in total. The molecule has 6 nitrogen and oxygen atoms in total. The molecule has 2 heterocycles. The third-order valence-corrected chi connectivity index (χ3v) is 5.30. The zero-order chi connectivity index (χ0) is 21.9. The Bertz CT molecular complexity index is 946. The van der Waals surface area contributed by atoms with Gasteiger partial charge in [-0.1, -0.05) is 6.07 Å². The molecule has 30 heavy (non-hydrogen) atoms. The van der Waals surface area contributed by atoms with Crippen molar-refractivity contribution in [3.05, 3.63) is 58.7 Å². The van der Waals surface area contributed by atoms with E-state index in [1.807, 2.05) is 0 Å². The summed E-state index contributed by atoms with van der Waals surface area (Å²) in [6, 6.07) is 4.90. The zero-order valence-corrected chi connectivity index (χ0v) is 17.4. The molecule has 1 aliphatic heterocycles. The second kappa shape index (κ2) is 8.85. The van der Waals surface area contributed by atoms with Gasteiger partial charge in [0.05, 0.1) is 12.0 Å². The Morgan fingerprint density at radius 1 is 1.20 bits per heavy atom. The van der Waals surface area contributed by atoms with Gasteiger partial charge >= 0.3 is 5.97 Å². The quantitative estimate of drug-likeness (QED) is 0.698. The van der Waals surface area contributed by atoms with Crippen LogP contribution < -0.4 is 0 Å². The van der Waals surface area contributed by atoms with Crippen LogP contribution in [0.25, 0.3) is 0 Å². The number of ether oxygens (including phenoxy) is 1. The normalized spacial score (nSPS) is 18.9. The van der Waals surface area contributed by atoms with Crippen molar-refractivity contribution in [3.8, 4) is 0 Å². The number of aromatic nitrogens is 2. The number of esters is 1. The van der Waals surface area contributed by atoms with Crippen molar-refractivity contribution in [3.63, 3.8) is 0 Å². The van der Waals surface area contributed by atoms with E-state index in [1.165, 1.54) is 6.07 Å². The lowest BCUT2D eigenvalue weighted by Gasteiger charge is -2.41. The Balaban J connectivity index is 1.92. The lowest BCUT2D eigenvalue weighted by Crippen LogP contribution is -2.52. The maximum atomic E-state index is 14.3. The van der Waals surface area contributed by atoms with E-state index in [9.17, 15) is 18.4 Å². The van der Waals surface area contributed by atoms with E-state index < -0.39 is 23.0 Å². The van der Waals surface area contributed by atoms with Gasteiger partial charge in [-0.15, -0.1) is 0 Å². The highest BCUT2D eigenvalue weighted by molar-refractivity contribution is 5.93. The first-order chi connectivity index (χ1) is 14.2. The fraction of sp³-hybridized carbons (Fsp3) is 0.455. The van der Waals surface area contributed by atoms with Gasteiger partial charge in [0.1, 0.15) is 23.2 Å². The monoisotopic (exact) mass is 417 g/mol. The van der Waals surface area contributed by atoms with Gasteiger partial charge in [0.2, 0.25) is 0 Å². The minimum Gasteiger partial charge on any atom is -0.466 e. The zero-order valence-electron chi connectivity index (χ0n) is 17.4. The first-order valence-electron chi connectivity index (χ1n) is 9.97. The number of rotatable bonds is 5. The Kier molecular flexibility index (Phi) is 6.43. The molecule has 0 bridgehead atoms. The molecule has 0 aliphatic carbocycles. The van der Waals surface area contributed by atoms with Gasteiger partial charge in [0, 0.05) is 24.8 Å². The summed E-state index contributed by atoms with van der Waals surface area (Å²) in [5.74, 6) is -1.71. The molecular weight excluding hydrogens is 392 g/mol. The van der Waals surface area contributed by atoms with Crippen LogP contribution >= 0.6 is 0 Å². The number of aryl methyl sites for hydroxylation is 2. The lowest BCUT2D eigenvalue weighted by atomic mass is 9.74. The fourth-order valence-electron chi connectivity index (χ4n) is 3.99. The Hall–Kier alpha value is -2.90. The number of hydrogen-bond donors (Lipinski definition) is 0. The minimum atomic E-state index is -1.11. The average molecular weight is 417 g/mol. The first-order valence-corrected chi connectivity index (χ1v) is 9.97. The van der Waals surface area contributed by atoms with Crippen molar-refractivity contribution < 1.29 is 23.1 Å². The lowest BCUT2D eigenvalue weighted by molar-refractivity contribution is -0.158. The summed E-state index contributed by atoms with van der Waals surface area (Å²) in [6.07, 6.45) is 1.01. The molecule has 8 heteroatoms. The second-order valence-electron chi connectivity index (χ2n) is 7.69. The van der Waals surface area contributed by atoms with Gasteiger partial charge in [-0.25, -0.2) is 18.7 Å². The predicted octanol–water partition coefficient (Wildman–Crippen LogP) is 3.40. The Morgan fingerprint density at radius 2 is 1.97 bits per heavy atom. The van der Waals surface area contributed by atoms with Gasteiger partial charge in [-0.3, -0.25) is 9.59 Å². The summed E-state index contributed by atoms with van der Waals surface area (Å²) < 4.78 is 33.0. The maximum Gasteiger partial charge on any atom is 0.314 e. The molecule has 0 radical (unpaired) electrons. The molecule has 1 saturated heterocycles. The van der Waals surface area contributed by atoms with Gasteiger partial charge < -0.3 is 9.64 Å². The standard InChI is InChI=1S/C22H25F2N3O3/c1-4-30-21(29)22(12-16-6-7-17(23)11-18(16)24)8-5-9-27(13-22)20(28)19-10-14(2)25-15(3)26-19/h6-7,10-11H,4-5,8-9,12-13H2,1-3H3/t22-/m0/s1. The molecule has 1 amide bonds. The third kappa shape index (κ3) is 4.63. The van der Waals surface area contributed by atoms with E-state index in [1.54, 1.807) is 31.7 Å². The number of carbonyl (C=O) groups is 2. The summed E-state index contributed by atoms with van der Waals surface area (Å²) >= 11 is 0. The van der Waals surface area contributed by atoms with E-state index in [2.05, 4.69) is 9.97 Å². The molecule has 160 valence electrons. The van der Waals surface area contributed by atoms with Crippen LogP contribution in [-0.4, -0.2) is 46.4 Å². The highest BCUT2D eigenvalue weighted by Crippen LogP contribution is 2.36. The SMILES string of the molecule is CCOC(=O)[C@]1(Cc2ccc(F)cc2F)CCCN(C(=O)c2cc(C)nc(C)n2)C1. The van der Waals surface area contributed by atoms with Crippen molar-refractivity contribution in [2.75, 3.05) is 19.7 Å². The number of nitrogens with zero attached hydrogens (tertiary/aromatic N) is 3. The number of benzene rings is 1. The van der Waals surface area contributed by atoms with Crippen molar-refractivity contribution in [2.24, 2.45) is 5.41 Å². The summed E-state index contributed by atoms with van der Waals surface area (Å²) in [5, 5.41) is 0. The molecule has 0 spiro atoms. The second-order valence-corrected chi connectivity index (χ2v) is 7.69. The van der Waals surface area contributed by atoms with Crippen LogP contribution in [0.1, 0.15) is 47.3 Å². The molecule has 0 unspecified atom stereocenters. The molecule has 0 saturated carbocycles. The van der Waals surface area contributed by atoms with E-state index in [0.29, 0.717) is 30.9 Å². The van der Waals surface area contributed by atoms with E-state index >= 15 is 0 Å². The molecule has 2 aromatic rings. The van der Waals surface area contributed by atoms with Crippen LogP contribution in [0.3, 0.4) is 0 Å². The number of piperidine rings is 1. The van der Waals surface area contributed by atoms with Crippen LogP contribution in [0, 0.1) is 30.9 Å². The predicted molar refractivity (Wildman–Crippen MR) is 106 cm³/mol. The molecule has 1 fully saturated rings. The van der Waals surface area contributed by atoms with E-state index in [-0.39, 0.29) is 36.7 Å². The molecule has 1 aliphatic rings. The van der Waals surface area contributed by atoms with Crippen LogP contribution in [0.4, 0.5) is 8.78 Å². The average Bonchev–Trinajstić information content (AvgIpc) is 2.69. The molecule has 1 aromatic carbocycles. The van der Waals surface area contributed by atoms with Gasteiger partial charge in [-0.05, 0) is 57.7 Å². The molecular formula is C22H25F2N3O3. The smallest absolute Gasteiger partial charge is 0.314 e. The van der Waals surface area contributed by atoms with Crippen LogP contribution in [0.2, 0.25) is 0 Å². The van der Waals surface area contributed by atoms with Gasteiger partial charge in [0.25, 0.3) is 5.91 Å². The minimum absolute atomic E-state index is 0.0174. The molecule has 1 aromatic heterocycles. The van der Waals surface area contributed by atoms with Gasteiger partial charge in [-0.2, -0.15) is 0 Å². The largest absolute Gasteiger partial charge is 0.466 e. The third-order valence-electron chi connectivity index (χ3n) is 5.30. The van der Waals surface area contributed by atoms with Gasteiger partial charge in [0.15, 0.2) is 0 Å². The number of halogens is 2. The van der Waals surface area contributed by atoms with E-state index in [0.717, 1.165) is 12.1 Å². The summed E-state index contributed by atoms with van der Waals surface area (Å²) in [4.78, 5) is 36.0. The Morgan fingerprint density at radius 3 is 2.63 bits per heavy atom. The van der Waals surface area contributed by atoms with Crippen molar-refractivity contribution in [1.82, 2.24) is 14.9 Å². The number of hydrogen-bond acceptors (Lipinski definition) is 5. The molecule has 1 atom stereocenters. The van der Waals surface area contributed by atoms with Crippen LogP contribution in [0.15, 0.2) is 24.3 Å². The number of amides is 1. The highest BCUT2D eigenvalue weighted by atomic mass is 19.1. The number of likely N-dealkylation sites (tertiary alicyclic amines) is 1. The summed E-state index contributed by atoms with van der Waals surface area (Å²) in [5.41, 5.74) is 0.0349. The molecule has 3 rings (SSSR count). The van der Waals surface area contributed by atoms with E-state index in [4.69, 9.17) is 4.74 Å².